The highest BCUT2D eigenvalue weighted by Gasteiger charge is 2.20. The Hall–Kier alpha value is -2.34. The summed E-state index contributed by atoms with van der Waals surface area (Å²) in [6.07, 6.45) is 1.07. The van der Waals surface area contributed by atoms with E-state index in [1.807, 2.05) is 0 Å². The van der Waals surface area contributed by atoms with Crippen molar-refractivity contribution in [1.29, 1.82) is 0 Å². The van der Waals surface area contributed by atoms with Gasteiger partial charge in [0.1, 0.15) is 0 Å². The lowest BCUT2D eigenvalue weighted by atomic mass is 9.98. The highest BCUT2D eigenvalue weighted by atomic mass is 14.2. The molecule has 0 fully saturated rings. The Morgan fingerprint density at radius 2 is 1.48 bits per heavy atom. The van der Waals surface area contributed by atoms with Crippen LogP contribution in [0.3, 0.4) is 0 Å². The molecule has 0 unspecified atom stereocenters. The largest absolute Gasteiger partial charge is 0.0622 e. The van der Waals surface area contributed by atoms with Crippen LogP contribution in [0, 0.1) is 13.8 Å². The predicted molar refractivity (Wildman–Crippen MR) is 89.6 cm³/mol. The van der Waals surface area contributed by atoms with Gasteiger partial charge in [-0.25, -0.2) is 0 Å². The van der Waals surface area contributed by atoms with Gasteiger partial charge in [-0.05, 0) is 64.8 Å². The zero-order valence-corrected chi connectivity index (χ0v) is 12.5. The summed E-state index contributed by atoms with van der Waals surface area (Å²) < 4.78 is 0. The molecular formula is C21H18. The van der Waals surface area contributed by atoms with Gasteiger partial charge in [-0.3, -0.25) is 0 Å². The number of aryl methyl sites for hydroxylation is 1. The standard InChI is InChI=1S/C21H18/c1-14-8-10-20-19-11-9-17(16-6-4-3-5-7-16)12-18(19)13-21(20)15(14)2/h3-12H,13H2,1-2H3. The van der Waals surface area contributed by atoms with Crippen LogP contribution in [0.15, 0.2) is 60.7 Å². The highest BCUT2D eigenvalue weighted by molar-refractivity contribution is 5.81. The van der Waals surface area contributed by atoms with Crippen LogP contribution in [-0.2, 0) is 6.42 Å². The van der Waals surface area contributed by atoms with Crippen LogP contribution in [0.1, 0.15) is 22.3 Å². The third kappa shape index (κ3) is 1.91. The molecule has 0 saturated carbocycles. The Balaban J connectivity index is 1.84. The maximum Gasteiger partial charge on any atom is -0.00105 e. The van der Waals surface area contributed by atoms with E-state index in [-0.39, 0.29) is 0 Å². The summed E-state index contributed by atoms with van der Waals surface area (Å²) in [5.74, 6) is 0. The van der Waals surface area contributed by atoms with Gasteiger partial charge in [0.05, 0.1) is 0 Å². The molecule has 1 aliphatic rings. The van der Waals surface area contributed by atoms with Gasteiger partial charge in [-0.1, -0.05) is 60.7 Å². The summed E-state index contributed by atoms with van der Waals surface area (Å²) in [7, 11) is 0. The first-order valence-electron chi connectivity index (χ1n) is 7.52. The second kappa shape index (κ2) is 4.60. The Kier molecular flexibility index (Phi) is 2.71. The molecule has 3 aromatic rings. The fraction of sp³-hybridized carbons (Fsp3) is 0.143. The average molecular weight is 270 g/mol. The molecule has 0 N–H and O–H groups in total. The third-order valence-corrected chi connectivity index (χ3v) is 4.74. The Labute approximate surface area is 126 Å². The summed E-state index contributed by atoms with van der Waals surface area (Å²) in [4.78, 5) is 0. The minimum absolute atomic E-state index is 1.07. The molecule has 0 spiro atoms. The van der Waals surface area contributed by atoms with Crippen LogP contribution in [0.4, 0.5) is 0 Å². The van der Waals surface area contributed by atoms with Crippen LogP contribution in [-0.4, -0.2) is 0 Å². The number of hydrogen-bond acceptors (Lipinski definition) is 0. The predicted octanol–water partition coefficient (Wildman–Crippen LogP) is 5.54. The van der Waals surface area contributed by atoms with Gasteiger partial charge in [0.2, 0.25) is 0 Å². The molecule has 0 nitrogen and oxygen atoms in total. The monoisotopic (exact) mass is 270 g/mol. The normalized spacial score (nSPS) is 12.1. The zero-order chi connectivity index (χ0) is 14.4. The van der Waals surface area contributed by atoms with Gasteiger partial charge in [-0.2, -0.15) is 0 Å². The lowest BCUT2D eigenvalue weighted by Crippen LogP contribution is -1.89. The molecule has 4 rings (SSSR count). The van der Waals surface area contributed by atoms with Crippen molar-refractivity contribution in [1.82, 2.24) is 0 Å². The first-order valence-corrected chi connectivity index (χ1v) is 7.52. The molecule has 3 aromatic carbocycles. The topological polar surface area (TPSA) is 0 Å². The van der Waals surface area contributed by atoms with E-state index in [2.05, 4.69) is 74.5 Å². The molecule has 0 heteroatoms. The second-order valence-corrected chi connectivity index (χ2v) is 5.95. The number of rotatable bonds is 1. The summed E-state index contributed by atoms with van der Waals surface area (Å²) >= 11 is 0. The minimum atomic E-state index is 1.07. The van der Waals surface area contributed by atoms with Crippen molar-refractivity contribution in [2.75, 3.05) is 0 Å². The van der Waals surface area contributed by atoms with Crippen LogP contribution in [0.5, 0.6) is 0 Å². The van der Waals surface area contributed by atoms with Crippen LogP contribution < -0.4 is 0 Å². The third-order valence-electron chi connectivity index (χ3n) is 4.74. The minimum Gasteiger partial charge on any atom is -0.0622 e. The Bertz CT molecular complexity index is 826. The average Bonchev–Trinajstić information content (AvgIpc) is 2.90. The zero-order valence-electron chi connectivity index (χ0n) is 12.5. The van der Waals surface area contributed by atoms with Gasteiger partial charge in [0.25, 0.3) is 0 Å². The summed E-state index contributed by atoms with van der Waals surface area (Å²) in [6.45, 7) is 4.45. The fourth-order valence-corrected chi connectivity index (χ4v) is 3.36. The van der Waals surface area contributed by atoms with E-state index in [0.717, 1.165) is 6.42 Å². The lowest BCUT2D eigenvalue weighted by Gasteiger charge is -2.07. The van der Waals surface area contributed by atoms with E-state index in [4.69, 9.17) is 0 Å². The van der Waals surface area contributed by atoms with Crippen molar-refractivity contribution in [2.45, 2.75) is 20.3 Å². The Morgan fingerprint density at radius 1 is 0.714 bits per heavy atom. The van der Waals surface area contributed by atoms with Crippen molar-refractivity contribution >= 4 is 0 Å². The maximum absolute atomic E-state index is 2.36. The number of benzene rings is 3. The second-order valence-electron chi connectivity index (χ2n) is 5.95. The van der Waals surface area contributed by atoms with E-state index in [9.17, 15) is 0 Å². The van der Waals surface area contributed by atoms with E-state index in [0.29, 0.717) is 0 Å². The molecule has 1 aliphatic carbocycles. The molecule has 0 aliphatic heterocycles. The van der Waals surface area contributed by atoms with E-state index in [1.54, 1.807) is 0 Å². The SMILES string of the molecule is Cc1ccc2c(c1C)Cc1cc(-c3ccccc3)ccc1-2. The quantitative estimate of drug-likeness (QED) is 0.426. The van der Waals surface area contributed by atoms with E-state index < -0.39 is 0 Å². The molecule has 0 heterocycles. The molecule has 0 atom stereocenters. The smallest absolute Gasteiger partial charge is 0.00105 e. The molecule has 21 heavy (non-hydrogen) atoms. The van der Waals surface area contributed by atoms with Crippen molar-refractivity contribution < 1.29 is 0 Å². The van der Waals surface area contributed by atoms with Crippen molar-refractivity contribution in [3.63, 3.8) is 0 Å². The van der Waals surface area contributed by atoms with Gasteiger partial charge in [0, 0.05) is 0 Å². The van der Waals surface area contributed by atoms with E-state index in [1.165, 1.54) is 44.5 Å². The van der Waals surface area contributed by atoms with Gasteiger partial charge < -0.3 is 0 Å². The van der Waals surface area contributed by atoms with Crippen LogP contribution in [0.25, 0.3) is 22.3 Å². The molecule has 0 aromatic heterocycles. The molecular weight excluding hydrogens is 252 g/mol. The van der Waals surface area contributed by atoms with Crippen molar-refractivity contribution in [3.05, 3.63) is 82.9 Å². The molecule has 0 bridgehead atoms. The van der Waals surface area contributed by atoms with Crippen molar-refractivity contribution in [3.8, 4) is 22.3 Å². The first kappa shape index (κ1) is 12.4. The van der Waals surface area contributed by atoms with Crippen LogP contribution in [0.2, 0.25) is 0 Å². The molecule has 102 valence electrons. The van der Waals surface area contributed by atoms with Gasteiger partial charge in [-0.15, -0.1) is 0 Å². The first-order chi connectivity index (χ1) is 10.2. The summed E-state index contributed by atoms with van der Waals surface area (Å²) in [6, 6.07) is 22.1. The fourth-order valence-electron chi connectivity index (χ4n) is 3.36. The summed E-state index contributed by atoms with van der Waals surface area (Å²) in [5.41, 5.74) is 11.3. The highest BCUT2D eigenvalue weighted by Crippen LogP contribution is 2.40. The van der Waals surface area contributed by atoms with E-state index >= 15 is 0 Å². The van der Waals surface area contributed by atoms with Gasteiger partial charge >= 0.3 is 0 Å². The Morgan fingerprint density at radius 3 is 2.29 bits per heavy atom. The lowest BCUT2D eigenvalue weighted by molar-refractivity contribution is 1.19. The molecule has 0 amide bonds. The molecule has 0 radical (unpaired) electrons. The van der Waals surface area contributed by atoms with Crippen LogP contribution >= 0.6 is 0 Å². The maximum atomic E-state index is 2.36. The number of hydrogen-bond donors (Lipinski definition) is 0. The molecule has 0 saturated heterocycles. The van der Waals surface area contributed by atoms with Gasteiger partial charge in [0.15, 0.2) is 0 Å². The van der Waals surface area contributed by atoms with Crippen molar-refractivity contribution in [2.24, 2.45) is 0 Å². The summed E-state index contributed by atoms with van der Waals surface area (Å²) in [5, 5.41) is 0. The number of fused-ring (bicyclic) bond motifs is 3.